The summed E-state index contributed by atoms with van der Waals surface area (Å²) in [5.41, 5.74) is -1.25. The fraction of sp³-hybridized carbons (Fsp3) is 0.727. The number of thioether (sulfide) groups is 1. The van der Waals surface area contributed by atoms with Gasteiger partial charge in [0.15, 0.2) is 5.16 Å². The smallest absolute Gasteiger partial charge is 0.343 e. The summed E-state index contributed by atoms with van der Waals surface area (Å²) in [5, 5.41) is 19.1. The fourth-order valence-corrected chi connectivity index (χ4v) is 2.77. The van der Waals surface area contributed by atoms with Crippen LogP contribution < -0.4 is 11.0 Å². The van der Waals surface area contributed by atoms with Gasteiger partial charge in [0.1, 0.15) is 5.54 Å². The number of carboxylic acids is 1. The van der Waals surface area contributed by atoms with Crippen LogP contribution in [0.3, 0.4) is 0 Å². The van der Waals surface area contributed by atoms with Crippen LogP contribution in [0.2, 0.25) is 0 Å². The molecule has 0 bridgehead atoms. The molecule has 3 N–H and O–H groups in total. The Morgan fingerprint density at radius 3 is 2.68 bits per heavy atom. The lowest BCUT2D eigenvalue weighted by Gasteiger charge is -2.28. The molecule has 1 atom stereocenters. The minimum atomic E-state index is -0.976. The van der Waals surface area contributed by atoms with Crippen LogP contribution >= 0.6 is 11.8 Å². The Morgan fingerprint density at radius 2 is 2.26 bits per heavy atom. The summed E-state index contributed by atoms with van der Waals surface area (Å²) >= 11 is 1.36. The highest BCUT2D eigenvalue weighted by molar-refractivity contribution is 7.99. The molecule has 108 valence electrons. The lowest BCUT2D eigenvalue weighted by Crippen LogP contribution is -2.52. The van der Waals surface area contributed by atoms with Gasteiger partial charge >= 0.3 is 11.7 Å². The molecule has 0 aliphatic heterocycles. The van der Waals surface area contributed by atoms with Gasteiger partial charge in [-0.25, -0.2) is 9.89 Å². The monoisotopic (exact) mass is 288 g/mol. The molecule has 0 saturated carbocycles. The summed E-state index contributed by atoms with van der Waals surface area (Å²) in [5.74, 6) is -0.321. The van der Waals surface area contributed by atoms with Crippen molar-refractivity contribution in [3.63, 3.8) is 0 Å². The van der Waals surface area contributed by atoms with Crippen LogP contribution in [0, 0.1) is 0 Å². The Kier molecular flexibility index (Phi) is 5.19. The lowest BCUT2D eigenvalue weighted by atomic mass is 9.98. The van der Waals surface area contributed by atoms with Gasteiger partial charge in [0, 0.05) is 18.8 Å². The highest BCUT2D eigenvalue weighted by atomic mass is 32.2. The molecule has 8 heteroatoms. The number of aliphatic carboxylic acids is 1. The standard InChI is InChI=1S/C11H20N4O3S/c1-7(2)12-11(3,8(16)17)5-6-19-10-14-13-9(18)15(10)4/h7,12H,5-6H2,1-4H3,(H,13,18)(H,16,17). The fourth-order valence-electron chi connectivity index (χ4n) is 1.69. The van der Waals surface area contributed by atoms with E-state index in [4.69, 9.17) is 0 Å². The SMILES string of the molecule is CC(C)NC(C)(CCSc1n[nH]c(=O)n1C)C(=O)O. The van der Waals surface area contributed by atoms with Crippen molar-refractivity contribution in [2.75, 3.05) is 5.75 Å². The highest BCUT2D eigenvalue weighted by Crippen LogP contribution is 2.19. The van der Waals surface area contributed by atoms with E-state index < -0.39 is 11.5 Å². The van der Waals surface area contributed by atoms with Gasteiger partial charge in [-0.15, -0.1) is 5.10 Å². The molecule has 19 heavy (non-hydrogen) atoms. The average Bonchev–Trinajstić information content (AvgIpc) is 2.59. The van der Waals surface area contributed by atoms with Crippen molar-refractivity contribution in [2.45, 2.75) is 43.9 Å². The van der Waals surface area contributed by atoms with Crippen LogP contribution in [-0.2, 0) is 11.8 Å². The first kappa shape index (κ1) is 15.8. The van der Waals surface area contributed by atoms with Crippen molar-refractivity contribution in [3.8, 4) is 0 Å². The van der Waals surface area contributed by atoms with Crippen molar-refractivity contribution in [1.82, 2.24) is 20.1 Å². The molecule has 1 heterocycles. The van der Waals surface area contributed by atoms with Gasteiger partial charge in [-0.2, -0.15) is 0 Å². The number of hydrogen-bond acceptors (Lipinski definition) is 5. The van der Waals surface area contributed by atoms with Crippen molar-refractivity contribution < 1.29 is 9.90 Å². The predicted molar refractivity (Wildman–Crippen MR) is 73.5 cm³/mol. The zero-order valence-corrected chi connectivity index (χ0v) is 12.4. The number of carbonyl (C=O) groups is 1. The van der Waals surface area contributed by atoms with Crippen LogP contribution in [0.4, 0.5) is 0 Å². The molecule has 1 aromatic heterocycles. The normalized spacial score (nSPS) is 14.6. The van der Waals surface area contributed by atoms with Crippen LogP contribution in [0.15, 0.2) is 9.95 Å². The number of H-pyrrole nitrogens is 1. The van der Waals surface area contributed by atoms with Crippen LogP contribution in [0.5, 0.6) is 0 Å². The summed E-state index contributed by atoms with van der Waals surface area (Å²) < 4.78 is 1.40. The Hall–Kier alpha value is -1.28. The molecule has 0 aliphatic rings. The van der Waals surface area contributed by atoms with E-state index in [1.54, 1.807) is 14.0 Å². The molecule has 1 aromatic rings. The van der Waals surface area contributed by atoms with Crippen LogP contribution in [-0.4, -0.2) is 43.2 Å². The summed E-state index contributed by atoms with van der Waals surface area (Å²) in [6, 6.07) is 0.0841. The highest BCUT2D eigenvalue weighted by Gasteiger charge is 2.33. The van der Waals surface area contributed by atoms with Crippen molar-refractivity contribution >= 4 is 17.7 Å². The van der Waals surface area contributed by atoms with Gasteiger partial charge in [0.05, 0.1) is 0 Å². The van der Waals surface area contributed by atoms with E-state index >= 15 is 0 Å². The molecule has 0 amide bonds. The van der Waals surface area contributed by atoms with Gasteiger partial charge in [-0.3, -0.25) is 14.7 Å². The van der Waals surface area contributed by atoms with Gasteiger partial charge in [0.2, 0.25) is 0 Å². The van der Waals surface area contributed by atoms with E-state index in [2.05, 4.69) is 15.5 Å². The molecular formula is C11H20N4O3S. The first-order valence-electron chi connectivity index (χ1n) is 6.01. The topological polar surface area (TPSA) is 100 Å². The minimum absolute atomic E-state index is 0.0841. The van der Waals surface area contributed by atoms with E-state index in [-0.39, 0.29) is 11.7 Å². The third-order valence-corrected chi connectivity index (χ3v) is 3.78. The van der Waals surface area contributed by atoms with Gasteiger partial charge in [-0.1, -0.05) is 11.8 Å². The first-order valence-corrected chi connectivity index (χ1v) is 7.00. The van der Waals surface area contributed by atoms with E-state index in [0.717, 1.165) is 0 Å². The number of rotatable bonds is 7. The summed E-state index contributed by atoms with van der Waals surface area (Å²) in [6.07, 6.45) is 0.437. The van der Waals surface area contributed by atoms with Gasteiger partial charge < -0.3 is 5.11 Å². The Labute approximate surface area is 115 Å². The summed E-state index contributed by atoms with van der Waals surface area (Å²) in [6.45, 7) is 5.48. The minimum Gasteiger partial charge on any atom is -0.480 e. The molecule has 7 nitrogen and oxygen atoms in total. The molecule has 1 unspecified atom stereocenters. The number of aromatic nitrogens is 3. The lowest BCUT2D eigenvalue weighted by molar-refractivity contribution is -0.144. The molecule has 0 saturated heterocycles. The zero-order valence-electron chi connectivity index (χ0n) is 11.6. The van der Waals surface area contributed by atoms with Crippen molar-refractivity contribution in [3.05, 3.63) is 10.5 Å². The third-order valence-electron chi connectivity index (χ3n) is 2.75. The quantitative estimate of drug-likeness (QED) is 0.629. The van der Waals surface area contributed by atoms with E-state index in [9.17, 15) is 14.7 Å². The zero-order chi connectivity index (χ0) is 14.6. The van der Waals surface area contributed by atoms with Gasteiger partial charge in [0.25, 0.3) is 0 Å². The molecule has 0 aromatic carbocycles. The maximum absolute atomic E-state index is 11.3. The molecule has 0 aliphatic carbocycles. The second-order valence-electron chi connectivity index (χ2n) is 4.91. The average molecular weight is 288 g/mol. The number of aromatic amines is 1. The van der Waals surface area contributed by atoms with Crippen LogP contribution in [0.25, 0.3) is 0 Å². The second kappa shape index (κ2) is 6.25. The van der Waals surface area contributed by atoms with Crippen molar-refractivity contribution in [2.24, 2.45) is 7.05 Å². The Balaban J connectivity index is 2.61. The molecule has 0 radical (unpaired) electrons. The largest absolute Gasteiger partial charge is 0.480 e. The summed E-state index contributed by atoms with van der Waals surface area (Å²) in [7, 11) is 1.62. The van der Waals surface area contributed by atoms with E-state index in [0.29, 0.717) is 17.3 Å². The number of hydrogen-bond donors (Lipinski definition) is 3. The van der Waals surface area contributed by atoms with Gasteiger partial charge in [-0.05, 0) is 27.2 Å². The molecular weight excluding hydrogens is 268 g/mol. The number of nitrogens with zero attached hydrogens (tertiary/aromatic N) is 2. The predicted octanol–water partition coefficient (Wildman–Crippen LogP) is 0.432. The first-order chi connectivity index (χ1) is 8.76. The molecule has 0 spiro atoms. The number of nitrogens with one attached hydrogen (secondary N) is 2. The Morgan fingerprint density at radius 1 is 1.63 bits per heavy atom. The Bertz CT molecular complexity index is 496. The maximum Gasteiger partial charge on any atom is 0.343 e. The molecule has 1 rings (SSSR count). The van der Waals surface area contributed by atoms with E-state index in [1.165, 1.54) is 16.3 Å². The van der Waals surface area contributed by atoms with Crippen molar-refractivity contribution in [1.29, 1.82) is 0 Å². The third kappa shape index (κ3) is 4.10. The second-order valence-corrected chi connectivity index (χ2v) is 5.97. The summed E-state index contributed by atoms with van der Waals surface area (Å²) in [4.78, 5) is 22.5. The maximum atomic E-state index is 11.3. The van der Waals surface area contributed by atoms with Crippen LogP contribution in [0.1, 0.15) is 27.2 Å². The molecule has 0 fully saturated rings. The van der Waals surface area contributed by atoms with E-state index in [1.807, 2.05) is 13.8 Å². The number of carboxylic acid groups (broad SMARTS) is 1.